The fourth-order valence-corrected chi connectivity index (χ4v) is 3.32. The molecular weight excluding hydrogens is 302 g/mol. The Morgan fingerprint density at radius 2 is 2.05 bits per heavy atom. The maximum absolute atomic E-state index is 12.3. The van der Waals surface area contributed by atoms with Crippen molar-refractivity contribution in [1.82, 2.24) is 4.98 Å². The Kier molecular flexibility index (Phi) is 4.06. The Hall–Kier alpha value is -1.92. The third-order valence-electron chi connectivity index (χ3n) is 2.64. The minimum absolute atomic E-state index is 0.0507. The van der Waals surface area contributed by atoms with E-state index < -0.39 is 15.8 Å². The average Bonchev–Trinajstić information content (AvgIpc) is 2.41. The molecule has 0 aliphatic carbocycles. The van der Waals surface area contributed by atoms with Gasteiger partial charge in [0, 0.05) is 12.4 Å². The first kappa shape index (κ1) is 14.5. The van der Waals surface area contributed by atoms with E-state index in [1.54, 1.807) is 0 Å². The van der Waals surface area contributed by atoms with E-state index in [-0.39, 0.29) is 21.2 Å². The van der Waals surface area contributed by atoms with Crippen LogP contribution in [0.3, 0.4) is 0 Å². The number of rotatable bonds is 4. The standard InChI is InChI=1S/C13H10ClNO4S/c14-12-7-15-5-4-10(12)8-20(18,19)11-3-1-2-9(6-11)13(16)17/h1-7H,8H2,(H,16,17). The lowest BCUT2D eigenvalue weighted by molar-refractivity contribution is 0.0696. The van der Waals surface area contributed by atoms with E-state index in [0.717, 1.165) is 6.07 Å². The van der Waals surface area contributed by atoms with Crippen LogP contribution in [-0.2, 0) is 15.6 Å². The lowest BCUT2D eigenvalue weighted by atomic mass is 10.2. The molecule has 7 heteroatoms. The number of halogens is 1. The van der Waals surface area contributed by atoms with E-state index in [4.69, 9.17) is 16.7 Å². The smallest absolute Gasteiger partial charge is 0.335 e. The van der Waals surface area contributed by atoms with Crippen LogP contribution in [0.15, 0.2) is 47.6 Å². The van der Waals surface area contributed by atoms with Gasteiger partial charge in [0.25, 0.3) is 0 Å². The summed E-state index contributed by atoms with van der Waals surface area (Å²) in [4.78, 5) is 14.6. The molecule has 0 spiro atoms. The minimum atomic E-state index is -3.67. The normalized spacial score (nSPS) is 11.2. The predicted octanol–water partition coefficient (Wildman–Crippen LogP) is 2.41. The summed E-state index contributed by atoms with van der Waals surface area (Å²) >= 11 is 5.88. The molecule has 0 bridgehead atoms. The third kappa shape index (κ3) is 3.15. The van der Waals surface area contributed by atoms with Crippen LogP contribution in [0.4, 0.5) is 0 Å². The van der Waals surface area contributed by atoms with Crippen LogP contribution in [0, 0.1) is 0 Å². The topological polar surface area (TPSA) is 84.3 Å². The zero-order valence-corrected chi connectivity index (χ0v) is 11.7. The number of hydrogen-bond acceptors (Lipinski definition) is 4. The molecule has 1 N–H and O–H groups in total. The second kappa shape index (κ2) is 5.60. The molecule has 0 saturated heterocycles. The highest BCUT2D eigenvalue weighted by Crippen LogP contribution is 2.22. The molecule has 20 heavy (non-hydrogen) atoms. The van der Waals surface area contributed by atoms with Gasteiger partial charge in [-0.15, -0.1) is 0 Å². The summed E-state index contributed by atoms with van der Waals surface area (Å²) in [5, 5.41) is 9.14. The van der Waals surface area contributed by atoms with Gasteiger partial charge < -0.3 is 5.11 Å². The van der Waals surface area contributed by atoms with Gasteiger partial charge in [0.1, 0.15) is 0 Å². The number of benzene rings is 1. The van der Waals surface area contributed by atoms with Crippen molar-refractivity contribution in [3.63, 3.8) is 0 Å². The summed E-state index contributed by atoms with van der Waals surface area (Å²) in [6, 6.07) is 6.73. The van der Waals surface area contributed by atoms with Gasteiger partial charge in [0.2, 0.25) is 0 Å². The van der Waals surface area contributed by atoms with Gasteiger partial charge in [-0.25, -0.2) is 13.2 Å². The van der Waals surface area contributed by atoms with Gasteiger partial charge in [0.05, 0.1) is 21.2 Å². The quantitative estimate of drug-likeness (QED) is 0.937. The minimum Gasteiger partial charge on any atom is -0.478 e. The van der Waals surface area contributed by atoms with E-state index in [1.807, 2.05) is 0 Å². The molecule has 2 aromatic rings. The largest absolute Gasteiger partial charge is 0.478 e. The summed E-state index contributed by atoms with van der Waals surface area (Å²) in [6.07, 6.45) is 2.81. The number of pyridine rings is 1. The zero-order valence-electron chi connectivity index (χ0n) is 10.2. The first-order valence-corrected chi connectivity index (χ1v) is 7.58. The molecule has 5 nitrogen and oxygen atoms in total. The molecule has 2 rings (SSSR count). The number of carboxylic acids is 1. The molecule has 0 aliphatic rings. The summed E-state index contributed by atoms with van der Waals surface area (Å²) in [7, 11) is -3.67. The van der Waals surface area contributed by atoms with Crippen LogP contribution in [0.2, 0.25) is 5.02 Å². The monoisotopic (exact) mass is 311 g/mol. The first-order chi connectivity index (χ1) is 9.40. The van der Waals surface area contributed by atoms with Gasteiger partial charge in [-0.1, -0.05) is 17.7 Å². The average molecular weight is 312 g/mol. The van der Waals surface area contributed by atoms with Gasteiger partial charge in [-0.05, 0) is 29.8 Å². The van der Waals surface area contributed by atoms with Crippen LogP contribution < -0.4 is 0 Å². The number of hydrogen-bond donors (Lipinski definition) is 1. The Bertz CT molecular complexity index is 758. The molecule has 1 heterocycles. The molecule has 0 amide bonds. The Morgan fingerprint density at radius 1 is 1.30 bits per heavy atom. The van der Waals surface area contributed by atoms with Gasteiger partial charge >= 0.3 is 5.97 Å². The Balaban J connectivity index is 2.38. The van der Waals surface area contributed by atoms with Crippen molar-refractivity contribution >= 4 is 27.4 Å². The van der Waals surface area contributed by atoms with Crippen molar-refractivity contribution in [2.45, 2.75) is 10.6 Å². The molecule has 0 radical (unpaired) electrons. The predicted molar refractivity (Wildman–Crippen MR) is 73.5 cm³/mol. The lowest BCUT2D eigenvalue weighted by Crippen LogP contribution is -2.07. The third-order valence-corrected chi connectivity index (χ3v) is 4.65. The van der Waals surface area contributed by atoms with Crippen LogP contribution in [-0.4, -0.2) is 24.5 Å². The molecule has 0 fully saturated rings. The summed E-state index contributed by atoms with van der Waals surface area (Å²) in [5.41, 5.74) is 0.342. The van der Waals surface area contributed by atoms with Crippen LogP contribution in [0.1, 0.15) is 15.9 Å². The lowest BCUT2D eigenvalue weighted by Gasteiger charge is -2.06. The van der Waals surface area contributed by atoms with Gasteiger partial charge in [-0.2, -0.15) is 0 Å². The molecular formula is C13H10ClNO4S. The molecule has 0 aliphatic heterocycles. The number of sulfone groups is 1. The second-order valence-electron chi connectivity index (χ2n) is 4.06. The number of carboxylic acid groups (broad SMARTS) is 1. The molecule has 104 valence electrons. The second-order valence-corrected chi connectivity index (χ2v) is 6.46. The zero-order chi connectivity index (χ0) is 14.8. The SMILES string of the molecule is O=C(O)c1cccc(S(=O)(=O)Cc2ccncc2Cl)c1. The Morgan fingerprint density at radius 3 is 2.70 bits per heavy atom. The maximum atomic E-state index is 12.3. The van der Waals surface area contributed by atoms with Crippen LogP contribution in [0.5, 0.6) is 0 Å². The molecule has 1 aromatic carbocycles. The van der Waals surface area contributed by atoms with Crippen LogP contribution >= 0.6 is 11.6 Å². The van der Waals surface area contributed by atoms with Gasteiger partial charge in [-0.3, -0.25) is 4.98 Å². The van der Waals surface area contributed by atoms with E-state index in [9.17, 15) is 13.2 Å². The Labute approximate surface area is 120 Å². The van der Waals surface area contributed by atoms with Gasteiger partial charge in [0.15, 0.2) is 9.84 Å². The fraction of sp³-hybridized carbons (Fsp3) is 0.0769. The van der Waals surface area contributed by atoms with E-state index in [1.165, 1.54) is 36.7 Å². The van der Waals surface area contributed by atoms with Crippen LogP contribution in [0.25, 0.3) is 0 Å². The van der Waals surface area contributed by atoms with E-state index >= 15 is 0 Å². The molecule has 0 saturated carbocycles. The van der Waals surface area contributed by atoms with E-state index in [2.05, 4.69) is 4.98 Å². The first-order valence-electron chi connectivity index (χ1n) is 5.54. The van der Waals surface area contributed by atoms with Crippen molar-refractivity contribution in [1.29, 1.82) is 0 Å². The highest BCUT2D eigenvalue weighted by molar-refractivity contribution is 7.90. The molecule has 1 aromatic heterocycles. The molecule has 0 unspecified atom stereocenters. The van der Waals surface area contributed by atoms with Crippen molar-refractivity contribution in [2.75, 3.05) is 0 Å². The number of nitrogens with zero attached hydrogens (tertiary/aromatic N) is 1. The van der Waals surface area contributed by atoms with Crippen molar-refractivity contribution in [3.8, 4) is 0 Å². The maximum Gasteiger partial charge on any atom is 0.335 e. The van der Waals surface area contributed by atoms with Crippen molar-refractivity contribution in [2.24, 2.45) is 0 Å². The summed E-state index contributed by atoms with van der Waals surface area (Å²) < 4.78 is 24.5. The number of aromatic carboxylic acids is 1. The number of aromatic nitrogens is 1. The highest BCUT2D eigenvalue weighted by Gasteiger charge is 2.18. The summed E-state index contributed by atoms with van der Waals surface area (Å²) in [5.74, 6) is -1.48. The molecule has 0 atom stereocenters. The summed E-state index contributed by atoms with van der Waals surface area (Å²) in [6.45, 7) is 0. The number of carbonyl (C=O) groups is 1. The fourth-order valence-electron chi connectivity index (χ4n) is 1.63. The highest BCUT2D eigenvalue weighted by atomic mass is 35.5. The van der Waals surface area contributed by atoms with E-state index in [0.29, 0.717) is 5.56 Å². The van der Waals surface area contributed by atoms with Crippen molar-refractivity contribution in [3.05, 3.63) is 58.9 Å². The van der Waals surface area contributed by atoms with Crippen molar-refractivity contribution < 1.29 is 18.3 Å².